The van der Waals surface area contributed by atoms with Gasteiger partial charge in [0.15, 0.2) is 0 Å². The van der Waals surface area contributed by atoms with E-state index >= 15 is 0 Å². The number of fused-ring (bicyclic) bond motifs is 7. The quantitative estimate of drug-likeness (QED) is 0.342. The summed E-state index contributed by atoms with van der Waals surface area (Å²) in [4.78, 5) is 25.5. The highest BCUT2D eigenvalue weighted by Gasteiger charge is 2.74. The predicted molar refractivity (Wildman–Crippen MR) is 144 cm³/mol. The van der Waals surface area contributed by atoms with Gasteiger partial charge in [0.1, 0.15) is 0 Å². The fraction of sp³-hybridized carbons (Fsp3) is 0.875. The number of carbonyl (C=O) groups is 2. The van der Waals surface area contributed by atoms with Crippen LogP contribution >= 0.6 is 0 Å². The Kier molecular flexibility index (Phi) is 5.46. The molecule has 0 saturated heterocycles. The van der Waals surface area contributed by atoms with Crippen molar-refractivity contribution >= 4 is 11.9 Å². The van der Waals surface area contributed by atoms with E-state index in [9.17, 15) is 24.9 Å². The van der Waals surface area contributed by atoms with Crippen molar-refractivity contribution in [2.24, 2.45) is 49.2 Å². The van der Waals surface area contributed by atoms with Crippen LogP contribution in [0.4, 0.5) is 0 Å². The van der Waals surface area contributed by atoms with Crippen LogP contribution in [0.25, 0.3) is 0 Å². The lowest BCUT2D eigenvalue weighted by Crippen LogP contribution is -2.69. The lowest BCUT2D eigenvalue weighted by Gasteiger charge is -2.75. The van der Waals surface area contributed by atoms with E-state index in [4.69, 9.17) is 0 Å². The van der Waals surface area contributed by atoms with Gasteiger partial charge in [0.05, 0.1) is 16.9 Å². The average Bonchev–Trinajstić information content (AvgIpc) is 2.79. The van der Waals surface area contributed by atoms with Gasteiger partial charge >= 0.3 is 11.9 Å². The summed E-state index contributed by atoms with van der Waals surface area (Å²) in [6.07, 6.45) is 9.66. The zero-order chi connectivity index (χ0) is 27.7. The van der Waals surface area contributed by atoms with Gasteiger partial charge in [-0.25, -0.2) is 0 Å². The van der Waals surface area contributed by atoms with E-state index < -0.39 is 28.2 Å². The highest BCUT2D eigenvalue weighted by atomic mass is 16.4. The number of allylic oxidation sites excluding steroid dienone is 2. The molecule has 0 aliphatic heterocycles. The maximum Gasteiger partial charge on any atom is 0.310 e. The Morgan fingerprint density at radius 1 is 0.757 bits per heavy atom. The summed E-state index contributed by atoms with van der Waals surface area (Å²) in [6.45, 7) is 18.2. The molecule has 0 radical (unpaired) electrons. The normalized spacial score (nSPS) is 54.6. The molecule has 37 heavy (non-hydrogen) atoms. The maximum atomic E-state index is 13.0. The van der Waals surface area contributed by atoms with Gasteiger partial charge in [-0.2, -0.15) is 0 Å². The number of aliphatic carboxylic acids is 2. The van der Waals surface area contributed by atoms with Crippen LogP contribution in [0, 0.1) is 49.2 Å². The highest BCUT2D eigenvalue weighted by Crippen LogP contribution is 2.80. The van der Waals surface area contributed by atoms with Crippen molar-refractivity contribution in [3.8, 4) is 0 Å². The third-order valence-electron chi connectivity index (χ3n) is 15.0. The lowest BCUT2D eigenvalue weighted by molar-refractivity contribution is -0.253. The Bertz CT molecular complexity index is 1080. The minimum atomic E-state index is -0.912. The molecule has 4 saturated carbocycles. The smallest absolute Gasteiger partial charge is 0.310 e. The molecule has 5 nitrogen and oxygen atoms in total. The molecule has 0 aromatic rings. The molecule has 0 amide bonds. The minimum absolute atomic E-state index is 0.00549. The highest BCUT2D eigenvalue weighted by molar-refractivity contribution is 5.80. The van der Waals surface area contributed by atoms with Gasteiger partial charge in [-0.05, 0) is 104 Å². The number of rotatable bonds is 2. The van der Waals surface area contributed by atoms with Crippen molar-refractivity contribution in [1.82, 2.24) is 0 Å². The first-order valence-corrected chi connectivity index (χ1v) is 14.7. The molecule has 0 heterocycles. The van der Waals surface area contributed by atoms with Crippen molar-refractivity contribution in [1.29, 1.82) is 0 Å². The van der Waals surface area contributed by atoms with E-state index in [1.54, 1.807) is 0 Å². The molecule has 3 N–H and O–H groups in total. The Morgan fingerprint density at radius 3 is 1.97 bits per heavy atom. The molecule has 5 heteroatoms. The van der Waals surface area contributed by atoms with E-state index in [2.05, 4.69) is 54.5 Å². The first-order valence-electron chi connectivity index (χ1n) is 14.7. The average molecular weight is 515 g/mol. The second-order valence-electron chi connectivity index (χ2n) is 15.9. The molecule has 208 valence electrons. The van der Waals surface area contributed by atoms with Crippen molar-refractivity contribution in [3.63, 3.8) is 0 Å². The molecule has 9 atom stereocenters. The molecule has 0 aromatic heterocycles. The van der Waals surface area contributed by atoms with Crippen molar-refractivity contribution in [2.75, 3.05) is 0 Å². The van der Waals surface area contributed by atoms with Crippen LogP contribution in [0.15, 0.2) is 11.6 Å². The molecule has 0 aromatic carbocycles. The number of carboxylic acids is 2. The van der Waals surface area contributed by atoms with Crippen LogP contribution in [0.1, 0.15) is 120 Å². The summed E-state index contributed by atoms with van der Waals surface area (Å²) >= 11 is 0. The monoisotopic (exact) mass is 514 g/mol. The molecule has 0 spiro atoms. The zero-order valence-corrected chi connectivity index (χ0v) is 24.5. The van der Waals surface area contributed by atoms with Crippen LogP contribution in [0.3, 0.4) is 0 Å². The number of carboxylic acid groups (broad SMARTS) is 2. The maximum absolute atomic E-state index is 13.0. The van der Waals surface area contributed by atoms with Gasteiger partial charge in [-0.15, -0.1) is 0 Å². The van der Waals surface area contributed by atoms with E-state index in [1.807, 2.05) is 6.92 Å². The standard InChI is InChI=1S/C32H50O5/c1-25(2)22(33)11-12-29(6)20-9-10-21-28(5,27(20,4)14-16-31(25,29)8)15-18-32(24(36)37)17-13-26(3,23(34)35)19-30(21,32)7/h10,20,22,33H,9,11-19H2,1-8H3,(H,34,35)(H,36,37). The van der Waals surface area contributed by atoms with Gasteiger partial charge < -0.3 is 15.3 Å². The van der Waals surface area contributed by atoms with Gasteiger partial charge in [-0.3, -0.25) is 9.59 Å². The summed E-state index contributed by atoms with van der Waals surface area (Å²) in [5, 5.41) is 32.0. The molecule has 0 bridgehead atoms. The van der Waals surface area contributed by atoms with Gasteiger partial charge in [-0.1, -0.05) is 60.1 Å². The Labute approximate surface area is 223 Å². The van der Waals surface area contributed by atoms with Gasteiger partial charge in [0.25, 0.3) is 0 Å². The molecular weight excluding hydrogens is 464 g/mol. The lowest BCUT2D eigenvalue weighted by atomic mass is 9.29. The molecule has 5 aliphatic carbocycles. The van der Waals surface area contributed by atoms with E-state index in [0.29, 0.717) is 31.6 Å². The second kappa shape index (κ2) is 7.43. The minimum Gasteiger partial charge on any atom is -0.481 e. The number of aliphatic hydroxyl groups is 1. The SMILES string of the molecule is CC1(C(=O)O)CCC2(C(=O)O)CCC3(C)C(=CCC4C3(C)CCC3(C)C(C)(C)C(O)CCC43C)C2(C)C1. The summed E-state index contributed by atoms with van der Waals surface area (Å²) in [5.41, 5.74) is -1.53. The molecule has 5 rings (SSSR count). The summed E-state index contributed by atoms with van der Waals surface area (Å²) in [5.74, 6) is -1.11. The second-order valence-corrected chi connectivity index (χ2v) is 15.9. The van der Waals surface area contributed by atoms with Crippen molar-refractivity contribution in [3.05, 3.63) is 11.6 Å². The molecular formula is C32H50O5. The predicted octanol–water partition coefficient (Wildman–Crippen LogP) is 7.08. The summed E-state index contributed by atoms with van der Waals surface area (Å²) in [6, 6.07) is 0. The third-order valence-corrected chi connectivity index (χ3v) is 15.0. The van der Waals surface area contributed by atoms with Crippen LogP contribution in [0.2, 0.25) is 0 Å². The molecule has 5 aliphatic rings. The topological polar surface area (TPSA) is 94.8 Å². The first kappa shape index (κ1) is 27.2. The fourth-order valence-electron chi connectivity index (χ4n) is 11.6. The van der Waals surface area contributed by atoms with E-state index in [0.717, 1.165) is 38.5 Å². The van der Waals surface area contributed by atoms with Crippen molar-refractivity contribution < 1.29 is 24.9 Å². The van der Waals surface area contributed by atoms with E-state index in [1.165, 1.54) is 5.57 Å². The van der Waals surface area contributed by atoms with Crippen LogP contribution in [-0.4, -0.2) is 33.4 Å². The number of hydrogen-bond donors (Lipinski definition) is 3. The number of hydrogen-bond acceptors (Lipinski definition) is 3. The number of aliphatic hydroxyl groups excluding tert-OH is 1. The Hall–Kier alpha value is -1.36. The van der Waals surface area contributed by atoms with Crippen LogP contribution < -0.4 is 0 Å². The fourth-order valence-corrected chi connectivity index (χ4v) is 11.6. The molecule has 4 fully saturated rings. The largest absolute Gasteiger partial charge is 0.481 e. The Balaban J connectivity index is 1.67. The molecule has 9 unspecified atom stereocenters. The zero-order valence-electron chi connectivity index (χ0n) is 24.5. The van der Waals surface area contributed by atoms with Crippen LogP contribution in [-0.2, 0) is 9.59 Å². The third kappa shape index (κ3) is 2.81. The Morgan fingerprint density at radius 2 is 1.38 bits per heavy atom. The summed E-state index contributed by atoms with van der Waals surface area (Å²) in [7, 11) is 0. The van der Waals surface area contributed by atoms with Crippen LogP contribution in [0.5, 0.6) is 0 Å². The van der Waals surface area contributed by atoms with Gasteiger partial charge in [0, 0.05) is 5.41 Å². The van der Waals surface area contributed by atoms with Crippen molar-refractivity contribution in [2.45, 2.75) is 126 Å². The van der Waals surface area contributed by atoms with Gasteiger partial charge in [0.2, 0.25) is 0 Å². The first-order chi connectivity index (χ1) is 16.8. The summed E-state index contributed by atoms with van der Waals surface area (Å²) < 4.78 is 0. The van der Waals surface area contributed by atoms with E-state index in [-0.39, 0.29) is 33.2 Å².